The highest BCUT2D eigenvalue weighted by atomic mass is 127. The number of nitrogens with zero attached hydrogens (tertiary/aromatic N) is 2. The lowest BCUT2D eigenvalue weighted by Gasteiger charge is -2.18. The molecule has 0 aliphatic heterocycles. The molecule has 3 N–H and O–H groups in total. The number of carbonyl (C=O) groups excluding carboxylic acids is 1. The summed E-state index contributed by atoms with van der Waals surface area (Å²) in [7, 11) is 1.46. The van der Waals surface area contributed by atoms with E-state index in [1.54, 1.807) is 30.3 Å². The van der Waals surface area contributed by atoms with E-state index in [2.05, 4.69) is 15.6 Å². The number of aromatic amines is 1. The Bertz CT molecular complexity index is 1640. The van der Waals surface area contributed by atoms with Gasteiger partial charge in [-0.3, -0.25) is 28.5 Å². The number of aromatic nitrogens is 3. The molecule has 174 valence electrons. The van der Waals surface area contributed by atoms with Crippen LogP contribution in [0.4, 0.5) is 21.6 Å². The van der Waals surface area contributed by atoms with E-state index >= 15 is 0 Å². The average molecular weight is 575 g/mol. The molecule has 9 nitrogen and oxygen atoms in total. The molecular formula is C23H19FIN5O4. The van der Waals surface area contributed by atoms with E-state index in [1.165, 1.54) is 42.2 Å². The van der Waals surface area contributed by atoms with Gasteiger partial charge in [0.15, 0.2) is 0 Å². The molecule has 0 fully saturated rings. The summed E-state index contributed by atoms with van der Waals surface area (Å²) in [5.74, 6) is -0.778. The van der Waals surface area contributed by atoms with Crippen molar-refractivity contribution in [2.24, 2.45) is 7.05 Å². The second-order valence-corrected chi connectivity index (χ2v) is 8.88. The SMILES string of the molecule is CC(=O)Nc1ccc(-n2c(=O)[nH]c(=O)c3c(Nc4ccc(I)cc4F)n(C)c(=O)c(C)c32)cc1. The van der Waals surface area contributed by atoms with Crippen LogP contribution in [0.2, 0.25) is 0 Å². The van der Waals surface area contributed by atoms with Crippen LogP contribution in [-0.4, -0.2) is 20.0 Å². The van der Waals surface area contributed by atoms with Crippen molar-refractivity contribution in [1.82, 2.24) is 14.1 Å². The van der Waals surface area contributed by atoms with Gasteiger partial charge in [0.2, 0.25) is 5.91 Å². The number of nitrogens with one attached hydrogen (secondary N) is 3. The largest absolute Gasteiger partial charge is 0.338 e. The topological polar surface area (TPSA) is 118 Å². The van der Waals surface area contributed by atoms with E-state index < -0.39 is 22.6 Å². The molecule has 0 unspecified atom stereocenters. The minimum atomic E-state index is -0.743. The van der Waals surface area contributed by atoms with Gasteiger partial charge in [-0.25, -0.2) is 9.18 Å². The van der Waals surface area contributed by atoms with E-state index in [0.29, 0.717) is 14.9 Å². The zero-order valence-electron chi connectivity index (χ0n) is 18.3. The maximum absolute atomic E-state index is 14.6. The number of H-pyrrole nitrogens is 1. The van der Waals surface area contributed by atoms with Crippen molar-refractivity contribution in [3.8, 4) is 5.69 Å². The molecule has 2 aromatic heterocycles. The lowest BCUT2D eigenvalue weighted by molar-refractivity contribution is -0.114. The molecule has 0 saturated carbocycles. The Hall–Kier alpha value is -3.74. The van der Waals surface area contributed by atoms with E-state index in [1.807, 2.05) is 22.6 Å². The number of hydrogen-bond donors (Lipinski definition) is 3. The third kappa shape index (κ3) is 4.14. The van der Waals surface area contributed by atoms with Crippen LogP contribution in [0.25, 0.3) is 16.6 Å². The fraction of sp³-hybridized carbons (Fsp3) is 0.130. The van der Waals surface area contributed by atoms with Crippen LogP contribution in [0, 0.1) is 16.3 Å². The fourth-order valence-corrected chi connectivity index (χ4v) is 4.19. The fourth-order valence-electron chi connectivity index (χ4n) is 3.74. The molecular weight excluding hydrogens is 556 g/mol. The van der Waals surface area contributed by atoms with Crippen LogP contribution < -0.4 is 27.4 Å². The van der Waals surface area contributed by atoms with Crippen molar-refractivity contribution in [2.75, 3.05) is 10.6 Å². The number of hydrogen-bond acceptors (Lipinski definition) is 5. The van der Waals surface area contributed by atoms with Gasteiger partial charge in [0.05, 0.1) is 16.9 Å². The average Bonchev–Trinajstić information content (AvgIpc) is 2.77. The van der Waals surface area contributed by atoms with E-state index in [4.69, 9.17) is 0 Å². The Morgan fingerprint density at radius 1 is 1.09 bits per heavy atom. The van der Waals surface area contributed by atoms with E-state index in [9.17, 15) is 23.6 Å². The number of rotatable bonds is 4. The van der Waals surface area contributed by atoms with Gasteiger partial charge in [-0.05, 0) is 72.0 Å². The Balaban J connectivity index is 2.03. The van der Waals surface area contributed by atoms with Gasteiger partial charge in [0.1, 0.15) is 17.0 Å². The number of fused-ring (bicyclic) bond motifs is 1. The summed E-state index contributed by atoms with van der Waals surface area (Å²) < 4.78 is 17.7. The highest BCUT2D eigenvalue weighted by Gasteiger charge is 2.21. The van der Waals surface area contributed by atoms with Crippen molar-refractivity contribution in [1.29, 1.82) is 0 Å². The van der Waals surface area contributed by atoms with E-state index in [0.717, 1.165) is 0 Å². The first-order valence-electron chi connectivity index (χ1n) is 10.1. The van der Waals surface area contributed by atoms with E-state index in [-0.39, 0.29) is 33.9 Å². The van der Waals surface area contributed by atoms with Crippen LogP contribution in [0.15, 0.2) is 56.8 Å². The molecule has 11 heteroatoms. The quantitative estimate of drug-likeness (QED) is 0.324. The Morgan fingerprint density at radius 3 is 2.38 bits per heavy atom. The monoisotopic (exact) mass is 575 g/mol. The number of anilines is 3. The number of aryl methyl sites for hydroxylation is 1. The van der Waals surface area contributed by atoms with Crippen molar-refractivity contribution < 1.29 is 9.18 Å². The summed E-state index contributed by atoms with van der Waals surface area (Å²) in [6.45, 7) is 2.89. The third-order valence-corrected chi connectivity index (χ3v) is 5.96. The van der Waals surface area contributed by atoms with Gasteiger partial charge >= 0.3 is 5.69 Å². The zero-order valence-corrected chi connectivity index (χ0v) is 20.5. The first-order valence-corrected chi connectivity index (χ1v) is 11.1. The normalized spacial score (nSPS) is 11.0. The lowest BCUT2D eigenvalue weighted by atomic mass is 10.1. The first kappa shape index (κ1) is 23.4. The molecule has 2 aromatic carbocycles. The van der Waals surface area contributed by atoms with Crippen LogP contribution in [0.3, 0.4) is 0 Å². The minimum Gasteiger partial charge on any atom is -0.338 e. The maximum atomic E-state index is 14.6. The van der Waals surface area contributed by atoms with Crippen LogP contribution in [0.5, 0.6) is 0 Å². The number of amides is 1. The summed E-state index contributed by atoms with van der Waals surface area (Å²) >= 11 is 1.97. The molecule has 34 heavy (non-hydrogen) atoms. The van der Waals surface area contributed by atoms with Gasteiger partial charge in [-0.2, -0.15) is 0 Å². The Morgan fingerprint density at radius 2 is 1.76 bits per heavy atom. The Kier molecular flexibility index (Phi) is 6.13. The highest BCUT2D eigenvalue weighted by molar-refractivity contribution is 14.1. The van der Waals surface area contributed by atoms with Crippen LogP contribution >= 0.6 is 22.6 Å². The minimum absolute atomic E-state index is 0.0167. The first-order chi connectivity index (χ1) is 16.1. The molecule has 0 aliphatic carbocycles. The molecule has 0 radical (unpaired) electrons. The second kappa shape index (κ2) is 8.89. The van der Waals surface area contributed by atoms with Crippen molar-refractivity contribution in [3.63, 3.8) is 0 Å². The molecule has 0 bridgehead atoms. The highest BCUT2D eigenvalue weighted by Crippen LogP contribution is 2.27. The van der Waals surface area contributed by atoms with Crippen molar-refractivity contribution in [3.05, 3.63) is 88.6 Å². The predicted molar refractivity (Wildman–Crippen MR) is 137 cm³/mol. The molecule has 4 rings (SSSR count). The van der Waals surface area contributed by atoms with Gasteiger partial charge < -0.3 is 10.6 Å². The molecule has 0 spiro atoms. The molecule has 0 aliphatic rings. The number of pyridine rings is 1. The standard InChI is InChI=1S/C23H19FIN5O4/c1-11-19-18(20(29(3)22(11)33)27-17-9-4-13(25)10-16(17)24)21(32)28-23(34)30(19)15-7-5-14(6-8-15)26-12(2)31/h4-10,27H,1-3H3,(H,26,31)(H,28,32,34). The number of halogens is 2. The van der Waals surface area contributed by atoms with Gasteiger partial charge in [0.25, 0.3) is 11.1 Å². The molecule has 1 amide bonds. The van der Waals surface area contributed by atoms with Gasteiger partial charge in [-0.1, -0.05) is 0 Å². The zero-order chi connectivity index (χ0) is 24.7. The van der Waals surface area contributed by atoms with Crippen LogP contribution in [0.1, 0.15) is 12.5 Å². The second-order valence-electron chi connectivity index (χ2n) is 7.63. The maximum Gasteiger partial charge on any atom is 0.333 e. The van der Waals surface area contributed by atoms with Crippen molar-refractivity contribution in [2.45, 2.75) is 13.8 Å². The summed E-state index contributed by atoms with van der Waals surface area (Å²) in [5.41, 5.74) is -0.721. The van der Waals surface area contributed by atoms with Crippen LogP contribution in [-0.2, 0) is 11.8 Å². The summed E-state index contributed by atoms with van der Waals surface area (Å²) in [5, 5.41) is 5.50. The van der Waals surface area contributed by atoms with Crippen molar-refractivity contribution >= 4 is 56.6 Å². The Labute approximate surface area is 205 Å². The molecule has 0 atom stereocenters. The number of carbonyl (C=O) groups is 1. The molecule has 4 aromatic rings. The summed E-state index contributed by atoms with van der Waals surface area (Å²) in [4.78, 5) is 52.5. The summed E-state index contributed by atoms with van der Waals surface area (Å²) in [6.07, 6.45) is 0. The smallest absolute Gasteiger partial charge is 0.333 e. The number of benzene rings is 2. The molecule has 2 heterocycles. The predicted octanol–water partition coefficient (Wildman–Crippen LogP) is 3.13. The summed E-state index contributed by atoms with van der Waals surface area (Å²) in [6, 6.07) is 10.8. The molecule has 0 saturated heterocycles. The lowest BCUT2D eigenvalue weighted by Crippen LogP contribution is -2.34. The van der Waals surface area contributed by atoms with Gasteiger partial charge in [-0.15, -0.1) is 0 Å². The third-order valence-electron chi connectivity index (χ3n) is 5.29. The van der Waals surface area contributed by atoms with Gasteiger partial charge in [0, 0.05) is 28.8 Å².